The Hall–Kier alpha value is -2.49. The molecule has 0 spiro atoms. The first kappa shape index (κ1) is 15.1. The molecule has 0 atom stereocenters. The molecule has 0 aliphatic carbocycles. The van der Waals surface area contributed by atoms with Crippen LogP contribution in [0.1, 0.15) is 25.7 Å². The van der Waals surface area contributed by atoms with E-state index in [2.05, 4.69) is 34.1 Å². The van der Waals surface area contributed by atoms with E-state index in [1.165, 1.54) is 31.4 Å². The molecule has 4 heteroatoms. The first-order chi connectivity index (χ1) is 11.8. The van der Waals surface area contributed by atoms with Crippen LogP contribution in [0.4, 0.5) is 5.69 Å². The second-order valence-electron chi connectivity index (χ2n) is 6.42. The lowest BCUT2D eigenvalue weighted by Gasteiger charge is -2.23. The van der Waals surface area contributed by atoms with Crippen molar-refractivity contribution >= 4 is 16.7 Å². The highest BCUT2D eigenvalue weighted by Crippen LogP contribution is 2.27. The summed E-state index contributed by atoms with van der Waals surface area (Å²) in [6, 6.07) is 14.6. The zero-order valence-electron chi connectivity index (χ0n) is 14.1. The fraction of sp³-hybridized carbons (Fsp3) is 0.350. The molecule has 2 aromatic carbocycles. The molecule has 3 aromatic rings. The van der Waals surface area contributed by atoms with Crippen LogP contribution in [-0.4, -0.2) is 30.2 Å². The van der Waals surface area contributed by atoms with E-state index in [1.807, 2.05) is 18.2 Å². The second kappa shape index (κ2) is 6.56. The van der Waals surface area contributed by atoms with Gasteiger partial charge in [0.1, 0.15) is 11.6 Å². The van der Waals surface area contributed by atoms with Gasteiger partial charge in [0.25, 0.3) is 0 Å². The Bertz CT molecular complexity index is 832. The van der Waals surface area contributed by atoms with Gasteiger partial charge in [-0.05, 0) is 37.1 Å². The number of hydrogen-bond donors (Lipinski definition) is 1. The number of aromatic amines is 1. The van der Waals surface area contributed by atoms with E-state index in [-0.39, 0.29) is 0 Å². The van der Waals surface area contributed by atoms with E-state index >= 15 is 0 Å². The molecule has 1 fully saturated rings. The van der Waals surface area contributed by atoms with Crippen molar-refractivity contribution in [3.8, 4) is 17.1 Å². The smallest absolute Gasteiger partial charge is 0.138 e. The van der Waals surface area contributed by atoms with Gasteiger partial charge in [-0.25, -0.2) is 4.98 Å². The van der Waals surface area contributed by atoms with Gasteiger partial charge in [0.05, 0.1) is 18.1 Å². The molecule has 1 saturated heterocycles. The fourth-order valence-corrected chi connectivity index (χ4v) is 3.43. The molecular weight excluding hydrogens is 298 g/mol. The maximum atomic E-state index is 5.29. The van der Waals surface area contributed by atoms with Crippen molar-refractivity contribution in [3.63, 3.8) is 0 Å². The summed E-state index contributed by atoms with van der Waals surface area (Å²) in [5, 5.41) is 0. The normalized spacial score (nSPS) is 15.5. The number of nitrogens with zero attached hydrogens (tertiary/aromatic N) is 2. The summed E-state index contributed by atoms with van der Waals surface area (Å²) in [6.45, 7) is 2.31. The summed E-state index contributed by atoms with van der Waals surface area (Å²) < 4.78 is 5.29. The molecule has 4 nitrogen and oxygen atoms in total. The van der Waals surface area contributed by atoms with Crippen LogP contribution in [0.5, 0.6) is 5.75 Å². The maximum absolute atomic E-state index is 5.29. The Kier molecular flexibility index (Phi) is 4.11. The number of hydrogen-bond acceptors (Lipinski definition) is 3. The van der Waals surface area contributed by atoms with E-state index in [1.54, 1.807) is 7.11 Å². The van der Waals surface area contributed by atoms with Gasteiger partial charge in [-0.1, -0.05) is 25.0 Å². The standard InChI is InChI=1S/C20H23N3O/c1-24-17-9-10-18-19(14-17)22-20(21-18)15-7-6-8-16(13-15)23-11-4-2-3-5-12-23/h6-10,13-14H,2-5,11-12H2,1H3,(H,21,22). The molecule has 0 amide bonds. The van der Waals surface area contributed by atoms with Gasteiger partial charge in [-0.3, -0.25) is 0 Å². The van der Waals surface area contributed by atoms with Crippen molar-refractivity contribution in [2.24, 2.45) is 0 Å². The minimum absolute atomic E-state index is 0.844. The predicted molar refractivity (Wildman–Crippen MR) is 98.8 cm³/mol. The summed E-state index contributed by atoms with van der Waals surface area (Å²) in [4.78, 5) is 10.7. The van der Waals surface area contributed by atoms with Crippen molar-refractivity contribution in [1.29, 1.82) is 0 Å². The number of H-pyrrole nitrogens is 1. The highest BCUT2D eigenvalue weighted by molar-refractivity contribution is 5.81. The minimum atomic E-state index is 0.844. The molecule has 0 radical (unpaired) electrons. The Balaban J connectivity index is 1.67. The van der Waals surface area contributed by atoms with Crippen LogP contribution in [0, 0.1) is 0 Å². The van der Waals surface area contributed by atoms with E-state index in [0.717, 1.165) is 41.3 Å². The number of nitrogens with one attached hydrogen (secondary N) is 1. The number of rotatable bonds is 3. The lowest BCUT2D eigenvalue weighted by Crippen LogP contribution is -2.23. The highest BCUT2D eigenvalue weighted by Gasteiger charge is 2.12. The van der Waals surface area contributed by atoms with E-state index < -0.39 is 0 Å². The first-order valence-corrected chi connectivity index (χ1v) is 8.73. The number of benzene rings is 2. The van der Waals surface area contributed by atoms with Crippen LogP contribution < -0.4 is 9.64 Å². The van der Waals surface area contributed by atoms with Crippen molar-refractivity contribution in [3.05, 3.63) is 42.5 Å². The quantitative estimate of drug-likeness (QED) is 0.765. The van der Waals surface area contributed by atoms with Crippen molar-refractivity contribution in [2.75, 3.05) is 25.1 Å². The molecule has 1 N–H and O–H groups in total. The van der Waals surface area contributed by atoms with Gasteiger partial charge in [-0.15, -0.1) is 0 Å². The summed E-state index contributed by atoms with van der Waals surface area (Å²) in [6.07, 6.45) is 5.27. The van der Waals surface area contributed by atoms with Gasteiger partial charge >= 0.3 is 0 Å². The van der Waals surface area contributed by atoms with Gasteiger partial charge < -0.3 is 14.6 Å². The summed E-state index contributed by atoms with van der Waals surface area (Å²) in [5.41, 5.74) is 4.40. The van der Waals surface area contributed by atoms with Gasteiger partial charge in [0, 0.05) is 30.4 Å². The summed E-state index contributed by atoms with van der Waals surface area (Å²) >= 11 is 0. The van der Waals surface area contributed by atoms with E-state index in [0.29, 0.717) is 0 Å². The van der Waals surface area contributed by atoms with Gasteiger partial charge in [0.2, 0.25) is 0 Å². The van der Waals surface area contributed by atoms with Crippen LogP contribution in [-0.2, 0) is 0 Å². The Morgan fingerprint density at radius 2 is 1.83 bits per heavy atom. The third-order valence-electron chi connectivity index (χ3n) is 4.78. The molecule has 124 valence electrons. The van der Waals surface area contributed by atoms with Crippen LogP contribution >= 0.6 is 0 Å². The van der Waals surface area contributed by atoms with Crippen molar-refractivity contribution in [1.82, 2.24) is 9.97 Å². The largest absolute Gasteiger partial charge is 0.497 e. The molecule has 1 aliphatic heterocycles. The molecule has 2 heterocycles. The molecule has 0 unspecified atom stereocenters. The molecule has 0 saturated carbocycles. The van der Waals surface area contributed by atoms with Crippen LogP contribution in [0.2, 0.25) is 0 Å². The number of imidazole rings is 1. The Morgan fingerprint density at radius 1 is 1.00 bits per heavy atom. The number of methoxy groups -OCH3 is 1. The SMILES string of the molecule is COc1ccc2nc(-c3cccc(N4CCCCCC4)c3)[nH]c2c1. The first-order valence-electron chi connectivity index (χ1n) is 8.73. The lowest BCUT2D eigenvalue weighted by atomic mass is 10.1. The number of aromatic nitrogens is 2. The van der Waals surface area contributed by atoms with Crippen LogP contribution in [0.25, 0.3) is 22.4 Å². The minimum Gasteiger partial charge on any atom is -0.497 e. The Morgan fingerprint density at radius 3 is 2.62 bits per heavy atom. The predicted octanol–water partition coefficient (Wildman–Crippen LogP) is 4.62. The van der Waals surface area contributed by atoms with Crippen molar-refractivity contribution in [2.45, 2.75) is 25.7 Å². The number of ether oxygens (including phenoxy) is 1. The average molecular weight is 321 g/mol. The highest BCUT2D eigenvalue weighted by atomic mass is 16.5. The molecule has 1 aliphatic rings. The molecule has 0 bridgehead atoms. The molecule has 4 rings (SSSR count). The molecule has 1 aromatic heterocycles. The molecular formula is C20H23N3O. The zero-order valence-corrected chi connectivity index (χ0v) is 14.1. The van der Waals surface area contributed by atoms with Crippen LogP contribution in [0.3, 0.4) is 0 Å². The summed E-state index contributed by atoms with van der Waals surface area (Å²) in [7, 11) is 1.68. The van der Waals surface area contributed by atoms with Crippen LogP contribution in [0.15, 0.2) is 42.5 Å². The van der Waals surface area contributed by atoms with Gasteiger partial charge in [0.15, 0.2) is 0 Å². The third-order valence-corrected chi connectivity index (χ3v) is 4.78. The van der Waals surface area contributed by atoms with Crippen molar-refractivity contribution < 1.29 is 4.74 Å². The van der Waals surface area contributed by atoms with E-state index in [9.17, 15) is 0 Å². The Labute approximate surface area is 142 Å². The number of anilines is 1. The average Bonchev–Trinajstić information content (AvgIpc) is 2.86. The second-order valence-corrected chi connectivity index (χ2v) is 6.42. The van der Waals surface area contributed by atoms with E-state index in [4.69, 9.17) is 9.72 Å². The fourth-order valence-electron chi connectivity index (χ4n) is 3.43. The lowest BCUT2D eigenvalue weighted by molar-refractivity contribution is 0.415. The summed E-state index contributed by atoms with van der Waals surface area (Å²) in [5.74, 6) is 1.76. The number of fused-ring (bicyclic) bond motifs is 1. The zero-order chi connectivity index (χ0) is 16.4. The maximum Gasteiger partial charge on any atom is 0.138 e. The topological polar surface area (TPSA) is 41.1 Å². The third kappa shape index (κ3) is 2.96. The monoisotopic (exact) mass is 321 g/mol. The molecule has 24 heavy (non-hydrogen) atoms. The van der Waals surface area contributed by atoms with Gasteiger partial charge in [-0.2, -0.15) is 0 Å².